The van der Waals surface area contributed by atoms with Crippen molar-refractivity contribution in [1.29, 1.82) is 0 Å². The van der Waals surface area contributed by atoms with Crippen LogP contribution in [0.2, 0.25) is 0 Å². The van der Waals surface area contributed by atoms with Gasteiger partial charge in [0.05, 0.1) is 29.7 Å². The molecule has 0 saturated heterocycles. The van der Waals surface area contributed by atoms with Crippen LogP contribution in [0, 0.1) is 0 Å². The van der Waals surface area contributed by atoms with Gasteiger partial charge in [-0.05, 0) is 37.3 Å². The Morgan fingerprint density at radius 1 is 1.21 bits per heavy atom. The van der Waals surface area contributed by atoms with Crippen LogP contribution in [0.5, 0.6) is 0 Å². The van der Waals surface area contributed by atoms with Gasteiger partial charge in [-0.15, -0.1) is 0 Å². The van der Waals surface area contributed by atoms with Crippen LogP contribution in [0.4, 0.5) is 0 Å². The minimum Gasteiger partial charge on any atom is -0.465 e. The number of rotatable bonds is 6. The van der Waals surface area contributed by atoms with E-state index in [1.54, 1.807) is 44.3 Å². The van der Waals surface area contributed by atoms with Gasteiger partial charge < -0.3 is 14.1 Å². The van der Waals surface area contributed by atoms with Gasteiger partial charge in [-0.1, -0.05) is 18.2 Å². The molecule has 1 aromatic carbocycles. The maximum absolute atomic E-state index is 12.4. The highest BCUT2D eigenvalue weighted by molar-refractivity contribution is 7.89. The molecule has 29 heavy (non-hydrogen) atoms. The Bertz CT molecular complexity index is 1110. The highest BCUT2D eigenvalue weighted by Crippen LogP contribution is 2.30. The van der Waals surface area contributed by atoms with Crippen molar-refractivity contribution in [3.8, 4) is 0 Å². The van der Waals surface area contributed by atoms with Crippen molar-refractivity contribution in [3.05, 3.63) is 70.8 Å². The zero-order chi connectivity index (χ0) is 21.2. The second-order valence-corrected chi connectivity index (χ2v) is 8.08. The number of hydrogen-bond donors (Lipinski definition) is 1. The number of methoxy groups -OCH3 is 1. The number of furan rings is 1. The summed E-state index contributed by atoms with van der Waals surface area (Å²) in [7, 11) is -0.867. The number of ether oxygens (including phenoxy) is 1. The van der Waals surface area contributed by atoms with Crippen LogP contribution in [0.3, 0.4) is 0 Å². The van der Waals surface area contributed by atoms with Crippen LogP contribution < -0.4 is 4.72 Å². The maximum atomic E-state index is 12.4. The number of allylic oxidation sites excluding steroid dienone is 1. The summed E-state index contributed by atoms with van der Waals surface area (Å²) in [5.74, 6) is -0.304. The number of nitrogens with zero attached hydrogens (tertiary/aromatic N) is 1. The largest absolute Gasteiger partial charge is 0.465 e. The summed E-state index contributed by atoms with van der Waals surface area (Å²) in [6.45, 7) is 1.59. The molecule has 0 aliphatic carbocycles. The number of carbonyl (C=O) groups is 2. The first-order chi connectivity index (χ1) is 13.7. The third-order valence-corrected chi connectivity index (χ3v) is 5.93. The molecule has 0 atom stereocenters. The second-order valence-electron chi connectivity index (χ2n) is 6.32. The van der Waals surface area contributed by atoms with E-state index >= 15 is 0 Å². The van der Waals surface area contributed by atoms with Gasteiger partial charge in [0.15, 0.2) is 0 Å². The van der Waals surface area contributed by atoms with Gasteiger partial charge >= 0.3 is 5.97 Å². The Labute approximate surface area is 168 Å². The van der Waals surface area contributed by atoms with Gasteiger partial charge in [-0.2, -0.15) is 0 Å². The van der Waals surface area contributed by atoms with Crippen LogP contribution >= 0.6 is 0 Å². The molecular formula is C20H20N2O6S. The predicted molar refractivity (Wildman–Crippen MR) is 105 cm³/mol. The smallest absolute Gasteiger partial charge is 0.340 e. The Morgan fingerprint density at radius 2 is 1.90 bits per heavy atom. The normalized spacial score (nSPS) is 16.0. The lowest BCUT2D eigenvalue weighted by atomic mass is 10.1. The van der Waals surface area contributed by atoms with E-state index in [1.165, 1.54) is 30.2 Å². The first-order valence-corrected chi connectivity index (χ1v) is 10.2. The zero-order valence-electron chi connectivity index (χ0n) is 16.1. The quantitative estimate of drug-likeness (QED) is 0.571. The molecule has 2 aromatic rings. The zero-order valence-corrected chi connectivity index (χ0v) is 16.9. The molecule has 0 bridgehead atoms. The Morgan fingerprint density at radius 3 is 2.55 bits per heavy atom. The van der Waals surface area contributed by atoms with Gasteiger partial charge in [0.25, 0.3) is 5.91 Å². The topological polar surface area (TPSA) is 106 Å². The molecule has 1 N–H and O–H groups in total. The summed E-state index contributed by atoms with van der Waals surface area (Å²) in [5.41, 5.74) is 0.806. The van der Waals surface area contributed by atoms with Crippen molar-refractivity contribution >= 4 is 28.0 Å². The highest BCUT2D eigenvalue weighted by Gasteiger charge is 2.35. The third kappa shape index (κ3) is 4.15. The van der Waals surface area contributed by atoms with Gasteiger partial charge in [0.1, 0.15) is 11.5 Å². The minimum atomic E-state index is -3.67. The molecule has 152 valence electrons. The van der Waals surface area contributed by atoms with Crippen LogP contribution in [0.1, 0.15) is 18.4 Å². The van der Waals surface area contributed by atoms with Crippen LogP contribution in [0.15, 0.2) is 68.6 Å². The number of carbonyl (C=O) groups excluding carboxylic acids is 2. The molecular weight excluding hydrogens is 396 g/mol. The number of likely N-dealkylation sites (N-methyl/N-ethyl adjacent to an activating group) is 1. The first kappa shape index (κ1) is 20.6. The highest BCUT2D eigenvalue weighted by atomic mass is 32.2. The molecule has 0 saturated carbocycles. The summed E-state index contributed by atoms with van der Waals surface area (Å²) >= 11 is 0. The molecule has 0 radical (unpaired) electrons. The lowest BCUT2D eigenvalue weighted by Crippen LogP contribution is -2.22. The van der Waals surface area contributed by atoms with Crippen molar-refractivity contribution in [3.63, 3.8) is 0 Å². The molecule has 1 aromatic heterocycles. The average molecular weight is 416 g/mol. The monoisotopic (exact) mass is 416 g/mol. The number of nitrogens with one attached hydrogen (secondary N) is 1. The van der Waals surface area contributed by atoms with Crippen molar-refractivity contribution in [2.24, 2.45) is 0 Å². The van der Waals surface area contributed by atoms with Gasteiger partial charge in [-0.25, -0.2) is 17.9 Å². The van der Waals surface area contributed by atoms with E-state index in [9.17, 15) is 18.0 Å². The van der Waals surface area contributed by atoms with Crippen molar-refractivity contribution in [2.75, 3.05) is 14.2 Å². The Balaban J connectivity index is 1.80. The van der Waals surface area contributed by atoms with E-state index in [4.69, 9.17) is 9.15 Å². The average Bonchev–Trinajstić information content (AvgIpc) is 3.25. The minimum absolute atomic E-state index is 0.0625. The van der Waals surface area contributed by atoms with Crippen LogP contribution in [-0.2, 0) is 30.9 Å². The Kier molecular flexibility index (Phi) is 5.71. The summed E-state index contributed by atoms with van der Waals surface area (Å²) in [6, 6.07) is 11.2. The van der Waals surface area contributed by atoms with Crippen LogP contribution in [0.25, 0.3) is 6.08 Å². The van der Waals surface area contributed by atoms with Crippen LogP contribution in [-0.4, -0.2) is 39.4 Å². The maximum Gasteiger partial charge on any atom is 0.340 e. The van der Waals surface area contributed by atoms with Crippen molar-refractivity contribution in [1.82, 2.24) is 9.62 Å². The lowest BCUT2D eigenvalue weighted by molar-refractivity contribution is -0.136. The molecule has 9 heteroatoms. The standard InChI is InChI=1S/C20H20N2O6S/c1-13-18(20(24)27-3)17(19(23)22(13)2)11-14-9-10-15(28-14)12-21-29(25,26)16-7-5-4-6-8-16/h4-11,21H,12H2,1-3H3/b17-11+. The number of hydrogen-bond acceptors (Lipinski definition) is 6. The van der Waals surface area contributed by atoms with Crippen molar-refractivity contribution < 1.29 is 27.2 Å². The first-order valence-electron chi connectivity index (χ1n) is 8.67. The third-order valence-electron chi connectivity index (χ3n) is 4.52. The van der Waals surface area contributed by atoms with Gasteiger partial charge in [-0.3, -0.25) is 4.79 Å². The van der Waals surface area contributed by atoms with E-state index in [0.717, 1.165) is 0 Å². The van der Waals surface area contributed by atoms with E-state index in [-0.39, 0.29) is 28.5 Å². The van der Waals surface area contributed by atoms with E-state index in [0.29, 0.717) is 17.2 Å². The molecule has 1 aliphatic heterocycles. The molecule has 1 aliphatic rings. The molecule has 3 rings (SSSR count). The summed E-state index contributed by atoms with van der Waals surface area (Å²) in [6.07, 6.45) is 1.44. The predicted octanol–water partition coefficient (Wildman–Crippen LogP) is 2.06. The Hall–Kier alpha value is -3.17. The molecule has 0 fully saturated rings. The van der Waals surface area contributed by atoms with Gasteiger partial charge in [0, 0.05) is 12.7 Å². The molecule has 2 heterocycles. The fourth-order valence-corrected chi connectivity index (χ4v) is 3.87. The number of benzene rings is 1. The SMILES string of the molecule is COC(=O)C1=C(C)N(C)C(=O)/C1=C/c1ccc(CNS(=O)(=O)c2ccccc2)o1. The molecule has 1 amide bonds. The van der Waals surface area contributed by atoms with Crippen molar-refractivity contribution in [2.45, 2.75) is 18.4 Å². The lowest BCUT2D eigenvalue weighted by Gasteiger charge is -2.08. The van der Waals surface area contributed by atoms with E-state index in [2.05, 4.69) is 4.72 Å². The van der Waals surface area contributed by atoms with E-state index < -0.39 is 16.0 Å². The number of amides is 1. The van der Waals surface area contributed by atoms with E-state index in [1.807, 2.05) is 0 Å². The van der Waals surface area contributed by atoms with Gasteiger partial charge in [0.2, 0.25) is 10.0 Å². The summed E-state index contributed by atoms with van der Waals surface area (Å²) in [4.78, 5) is 26.0. The molecule has 0 unspecified atom stereocenters. The summed E-state index contributed by atoms with van der Waals surface area (Å²) in [5, 5.41) is 0. The fraction of sp³-hybridized carbons (Fsp3) is 0.200. The fourth-order valence-electron chi connectivity index (χ4n) is 2.85. The molecule has 0 spiro atoms. The number of esters is 1. The molecule has 8 nitrogen and oxygen atoms in total. The summed E-state index contributed by atoms with van der Waals surface area (Å²) < 4.78 is 37.4. The second kappa shape index (κ2) is 8.06. The number of sulfonamides is 1.